The number of hydrogen-bond donors (Lipinski definition) is 1. The number of unbranched alkanes of at least 4 members (excludes halogenated alkanes) is 13. The van der Waals surface area contributed by atoms with Crippen molar-refractivity contribution in [3.8, 4) is 0 Å². The van der Waals surface area contributed by atoms with Crippen LogP contribution < -0.4 is 5.73 Å². The third kappa shape index (κ3) is 13.4. The molecule has 0 atom stereocenters. The third-order valence-electron chi connectivity index (χ3n) is 4.86. The Morgan fingerprint density at radius 1 is 0.583 bits per heavy atom. The molecule has 0 aromatic carbocycles. The van der Waals surface area contributed by atoms with Crippen LogP contribution in [0, 0.1) is 0 Å². The highest BCUT2D eigenvalue weighted by molar-refractivity contribution is 5.78. The van der Waals surface area contributed by atoms with Gasteiger partial charge in [0.15, 0.2) is 0 Å². The summed E-state index contributed by atoms with van der Waals surface area (Å²) in [4.78, 5) is 24.0. The van der Waals surface area contributed by atoms with E-state index in [1.165, 1.54) is 70.6 Å². The third-order valence-corrected chi connectivity index (χ3v) is 4.86. The van der Waals surface area contributed by atoms with Crippen molar-refractivity contribution in [2.45, 2.75) is 103 Å². The number of carbonyl (C=O) groups excluding carboxylic acids is 2. The molecule has 0 unspecified atom stereocenters. The predicted octanol–water partition coefficient (Wildman–Crippen LogP) is 4.56. The Balaban J connectivity index is 1.66. The number of nitrogens with zero attached hydrogens (tertiary/aromatic N) is 1. The maximum Gasteiger partial charge on any atom is 0.222 e. The fourth-order valence-electron chi connectivity index (χ4n) is 3.15. The molecule has 1 aliphatic heterocycles. The van der Waals surface area contributed by atoms with E-state index >= 15 is 0 Å². The summed E-state index contributed by atoms with van der Waals surface area (Å²) in [5.74, 6) is 0.197. The zero-order valence-corrected chi connectivity index (χ0v) is 15.6. The van der Waals surface area contributed by atoms with Gasteiger partial charge in [0, 0.05) is 25.9 Å². The second kappa shape index (κ2) is 14.3. The summed E-state index contributed by atoms with van der Waals surface area (Å²) in [6.07, 6.45) is 19.0. The molecule has 24 heavy (non-hydrogen) atoms. The highest BCUT2D eigenvalue weighted by Gasteiger charge is 2.22. The van der Waals surface area contributed by atoms with E-state index in [4.69, 9.17) is 5.73 Å². The number of amides is 2. The summed E-state index contributed by atoms with van der Waals surface area (Å²) in [6, 6.07) is 0. The van der Waals surface area contributed by atoms with Gasteiger partial charge in [-0.15, -0.1) is 0 Å². The molecule has 0 spiro atoms. The van der Waals surface area contributed by atoms with E-state index < -0.39 is 0 Å². The smallest absolute Gasteiger partial charge is 0.222 e. The minimum absolute atomic E-state index is 0.167. The number of rotatable bonds is 17. The van der Waals surface area contributed by atoms with Crippen LogP contribution in [-0.2, 0) is 9.59 Å². The van der Waals surface area contributed by atoms with Crippen molar-refractivity contribution in [2.75, 3.05) is 13.1 Å². The lowest BCUT2D eigenvalue weighted by Gasteiger charge is -2.04. The zero-order valence-electron chi connectivity index (χ0n) is 15.6. The van der Waals surface area contributed by atoms with Gasteiger partial charge < -0.3 is 10.6 Å². The van der Waals surface area contributed by atoms with Gasteiger partial charge in [-0.3, -0.25) is 9.59 Å². The van der Waals surface area contributed by atoms with E-state index in [2.05, 4.69) is 0 Å². The van der Waals surface area contributed by atoms with Crippen LogP contribution in [0.2, 0.25) is 0 Å². The lowest BCUT2D eigenvalue weighted by Crippen LogP contribution is -2.09. The molecule has 1 saturated heterocycles. The van der Waals surface area contributed by atoms with Crippen LogP contribution in [-0.4, -0.2) is 29.8 Å². The number of primary amides is 1. The largest absolute Gasteiger partial charge is 0.370 e. The summed E-state index contributed by atoms with van der Waals surface area (Å²) in [7, 11) is 0. The lowest BCUT2D eigenvalue weighted by molar-refractivity contribution is -0.125. The van der Waals surface area contributed by atoms with Crippen molar-refractivity contribution < 1.29 is 9.59 Å². The summed E-state index contributed by atoms with van der Waals surface area (Å²) in [5, 5.41) is 0. The Bertz CT molecular complexity index is 341. The second-order valence-corrected chi connectivity index (χ2v) is 7.30. The van der Waals surface area contributed by atoms with E-state index in [1.807, 2.05) is 4.90 Å². The Kier molecular flexibility index (Phi) is 12.5. The summed E-state index contributed by atoms with van der Waals surface area (Å²) in [6.45, 7) is 1.99. The number of nitrogens with two attached hydrogens (primary N) is 1. The molecule has 2 amide bonds. The van der Waals surface area contributed by atoms with Gasteiger partial charge in [0.25, 0.3) is 0 Å². The van der Waals surface area contributed by atoms with E-state index in [0.717, 1.165) is 38.8 Å². The van der Waals surface area contributed by atoms with Crippen LogP contribution in [0.1, 0.15) is 103 Å². The fraction of sp³-hybridized carbons (Fsp3) is 0.900. The fourth-order valence-corrected chi connectivity index (χ4v) is 3.15. The number of carbonyl (C=O) groups is 2. The van der Waals surface area contributed by atoms with Gasteiger partial charge in [-0.2, -0.15) is 0 Å². The highest BCUT2D eigenvalue weighted by Crippen LogP contribution is 2.14. The molecular weight excluding hydrogens is 300 g/mol. The van der Waals surface area contributed by atoms with E-state index in [0.29, 0.717) is 12.3 Å². The van der Waals surface area contributed by atoms with Crippen molar-refractivity contribution in [2.24, 2.45) is 5.73 Å². The molecule has 0 aliphatic carbocycles. The Morgan fingerprint density at radius 2 is 0.917 bits per heavy atom. The molecule has 0 aromatic rings. The molecule has 0 saturated carbocycles. The maximum absolute atomic E-state index is 11.5. The van der Waals surface area contributed by atoms with Crippen molar-refractivity contribution in [1.29, 1.82) is 0 Å². The topological polar surface area (TPSA) is 63.2 Å². The van der Waals surface area contributed by atoms with E-state index in [9.17, 15) is 9.59 Å². The average Bonchev–Trinajstić information content (AvgIpc) is 3.39. The van der Waals surface area contributed by atoms with E-state index in [1.54, 1.807) is 0 Å². The van der Waals surface area contributed by atoms with Crippen molar-refractivity contribution in [3.63, 3.8) is 0 Å². The van der Waals surface area contributed by atoms with Gasteiger partial charge in [0.1, 0.15) is 0 Å². The molecule has 1 aliphatic rings. The van der Waals surface area contributed by atoms with Gasteiger partial charge in [0.2, 0.25) is 11.8 Å². The minimum Gasteiger partial charge on any atom is -0.370 e. The first-order valence-electron chi connectivity index (χ1n) is 10.3. The van der Waals surface area contributed by atoms with Crippen LogP contribution in [0.4, 0.5) is 0 Å². The molecule has 0 bridgehead atoms. The van der Waals surface area contributed by atoms with Crippen LogP contribution in [0.3, 0.4) is 0 Å². The maximum atomic E-state index is 11.5. The van der Waals surface area contributed by atoms with Gasteiger partial charge in [0.05, 0.1) is 0 Å². The van der Waals surface area contributed by atoms with Gasteiger partial charge in [-0.05, 0) is 12.8 Å². The van der Waals surface area contributed by atoms with Crippen LogP contribution in [0.25, 0.3) is 0 Å². The molecule has 4 heteroatoms. The first-order chi connectivity index (χ1) is 11.7. The monoisotopic (exact) mass is 338 g/mol. The summed E-state index contributed by atoms with van der Waals surface area (Å²) >= 11 is 0. The molecule has 1 fully saturated rings. The van der Waals surface area contributed by atoms with E-state index in [-0.39, 0.29) is 5.91 Å². The molecular formula is C20H38N2O2. The molecule has 140 valence electrons. The molecule has 1 rings (SSSR count). The standard InChI is InChI=1S/C20H38N2O2/c21-19(23)15-13-11-9-7-5-3-1-2-4-6-8-10-12-14-16-20(24)22-17-18-22/h1-18H2,(H2,21,23). The van der Waals surface area contributed by atoms with Crippen LogP contribution >= 0.6 is 0 Å². The zero-order chi connectivity index (χ0) is 17.5. The summed E-state index contributed by atoms with van der Waals surface area (Å²) < 4.78 is 0. The van der Waals surface area contributed by atoms with Crippen molar-refractivity contribution >= 4 is 11.8 Å². The Labute approximate surface area is 148 Å². The minimum atomic E-state index is -0.167. The normalized spacial score (nSPS) is 13.2. The Hall–Kier alpha value is -1.06. The average molecular weight is 339 g/mol. The quantitative estimate of drug-likeness (QED) is 0.312. The second-order valence-electron chi connectivity index (χ2n) is 7.30. The molecule has 2 N–H and O–H groups in total. The van der Waals surface area contributed by atoms with Crippen LogP contribution in [0.15, 0.2) is 0 Å². The first-order valence-corrected chi connectivity index (χ1v) is 10.3. The predicted molar refractivity (Wildman–Crippen MR) is 99.6 cm³/mol. The highest BCUT2D eigenvalue weighted by atomic mass is 16.2. The first kappa shape index (κ1) is 21.0. The summed E-state index contributed by atoms with van der Waals surface area (Å²) in [5.41, 5.74) is 5.12. The van der Waals surface area contributed by atoms with Crippen molar-refractivity contribution in [3.05, 3.63) is 0 Å². The van der Waals surface area contributed by atoms with Gasteiger partial charge >= 0.3 is 0 Å². The van der Waals surface area contributed by atoms with Crippen LogP contribution in [0.5, 0.6) is 0 Å². The molecule has 1 heterocycles. The lowest BCUT2D eigenvalue weighted by atomic mass is 10.0. The van der Waals surface area contributed by atoms with Gasteiger partial charge in [-0.25, -0.2) is 0 Å². The molecule has 0 aromatic heterocycles. The van der Waals surface area contributed by atoms with Crippen molar-refractivity contribution in [1.82, 2.24) is 4.90 Å². The number of hydrogen-bond acceptors (Lipinski definition) is 2. The van der Waals surface area contributed by atoms with Gasteiger partial charge in [-0.1, -0.05) is 77.0 Å². The Morgan fingerprint density at radius 3 is 1.25 bits per heavy atom. The molecule has 0 radical (unpaired) electrons. The SMILES string of the molecule is NC(=O)CCCCCCCCCCCCCCCCC(=O)N1CC1. The molecule has 4 nitrogen and oxygen atoms in total.